The van der Waals surface area contributed by atoms with Crippen LogP contribution in [0.1, 0.15) is 30.8 Å². The van der Waals surface area contributed by atoms with E-state index in [1.165, 1.54) is 10.8 Å². The molecule has 63 heavy (non-hydrogen) atoms. The first-order valence-electron chi connectivity index (χ1n) is 21.3. The van der Waals surface area contributed by atoms with Crippen LogP contribution in [-0.2, 0) is 26.5 Å². The Morgan fingerprint density at radius 3 is 2.05 bits per heavy atom. The third-order valence-corrected chi connectivity index (χ3v) is 13.3. The van der Waals surface area contributed by atoms with Crippen LogP contribution < -0.4 is 5.19 Å². The normalized spacial score (nSPS) is 11.5. The maximum atomic E-state index is 6.48. The van der Waals surface area contributed by atoms with Crippen LogP contribution >= 0.6 is 0 Å². The van der Waals surface area contributed by atoms with E-state index in [0.29, 0.717) is 28.6 Å². The average molecular weight is 1020 g/mol. The van der Waals surface area contributed by atoms with E-state index in [-0.39, 0.29) is 20.1 Å². The van der Waals surface area contributed by atoms with Gasteiger partial charge in [-0.05, 0) is 88.4 Å². The Hall–Kier alpha value is -6.31. The van der Waals surface area contributed by atoms with Crippen molar-refractivity contribution in [3.63, 3.8) is 0 Å². The number of rotatable bonds is 8. The molecule has 1 radical (unpaired) electrons. The molecule has 0 aliphatic carbocycles. The molecule has 0 bridgehead atoms. The van der Waals surface area contributed by atoms with Crippen LogP contribution in [0, 0.1) is 32.0 Å². The van der Waals surface area contributed by atoms with Gasteiger partial charge in [0.15, 0.2) is 0 Å². The van der Waals surface area contributed by atoms with Gasteiger partial charge in [0.25, 0.3) is 0 Å². The monoisotopic (exact) mass is 1020 g/mol. The van der Waals surface area contributed by atoms with Crippen molar-refractivity contribution < 1.29 is 24.5 Å². The van der Waals surface area contributed by atoms with Gasteiger partial charge in [-0.1, -0.05) is 143 Å². The molecule has 5 aromatic carbocycles. The molecule has 315 valence electrons. The summed E-state index contributed by atoms with van der Waals surface area (Å²) in [5.74, 6) is 1.38. The molecule has 0 atom stereocenters. The van der Waals surface area contributed by atoms with E-state index in [4.69, 9.17) is 14.4 Å². The summed E-state index contributed by atoms with van der Waals surface area (Å²) < 4.78 is 8.72. The van der Waals surface area contributed by atoms with Gasteiger partial charge in [0.1, 0.15) is 0 Å². The molecule has 0 spiro atoms. The molecule has 0 saturated heterocycles. The third-order valence-electron chi connectivity index (χ3n) is 11.2. The summed E-state index contributed by atoms with van der Waals surface area (Å²) in [6.45, 7) is 15.7. The molecule has 0 amide bonds. The van der Waals surface area contributed by atoms with E-state index in [9.17, 15) is 0 Å². The Morgan fingerprint density at radius 1 is 0.730 bits per heavy atom. The van der Waals surface area contributed by atoms with Crippen LogP contribution in [0.25, 0.3) is 83.7 Å². The summed E-state index contributed by atoms with van der Waals surface area (Å²) in [7, 11) is -1.34. The number of furan rings is 1. The molecular formula is C55H49IrN5OSi-2. The molecule has 0 fully saturated rings. The number of imidazole rings is 1. The zero-order valence-corrected chi connectivity index (χ0v) is 40.1. The Balaban J connectivity index is 0.000000219. The maximum absolute atomic E-state index is 6.48. The average Bonchev–Trinajstić information content (AvgIpc) is 3.86. The largest absolute Gasteiger partial charge is 0.486 e. The zero-order valence-electron chi connectivity index (χ0n) is 36.7. The fourth-order valence-corrected chi connectivity index (χ4v) is 9.98. The van der Waals surface area contributed by atoms with Crippen LogP contribution in [0.2, 0.25) is 19.6 Å². The second-order valence-corrected chi connectivity index (χ2v) is 22.4. The number of aromatic nitrogens is 5. The van der Waals surface area contributed by atoms with Crippen molar-refractivity contribution >= 4 is 46.4 Å². The van der Waals surface area contributed by atoms with Crippen molar-refractivity contribution in [3.8, 4) is 50.6 Å². The van der Waals surface area contributed by atoms with Crippen molar-refractivity contribution in [2.75, 3.05) is 0 Å². The first kappa shape index (κ1) is 43.3. The fourth-order valence-electron chi connectivity index (χ4n) is 8.39. The minimum absolute atomic E-state index is 0. The number of pyridine rings is 3. The van der Waals surface area contributed by atoms with Crippen molar-refractivity contribution in [2.24, 2.45) is 5.92 Å². The Kier molecular flexibility index (Phi) is 12.5. The Morgan fingerprint density at radius 2 is 1.40 bits per heavy atom. The van der Waals surface area contributed by atoms with Gasteiger partial charge in [-0.15, -0.1) is 35.9 Å². The molecule has 8 heteroatoms. The number of hydrogen-bond donors (Lipinski definition) is 0. The smallest absolute Gasteiger partial charge is 0.216 e. The van der Waals surface area contributed by atoms with Crippen LogP contribution in [0.5, 0.6) is 0 Å². The third kappa shape index (κ3) is 8.72. The molecule has 0 N–H and O–H groups in total. The van der Waals surface area contributed by atoms with Gasteiger partial charge in [-0.25, -0.2) is 4.98 Å². The van der Waals surface area contributed by atoms with Gasteiger partial charge in [0, 0.05) is 48.5 Å². The van der Waals surface area contributed by atoms with Crippen LogP contribution in [0.15, 0.2) is 156 Å². The molecule has 10 aromatic rings. The molecule has 0 saturated carbocycles. The molecule has 10 rings (SSSR count). The number of aryl methyl sites for hydroxylation is 2. The van der Waals surface area contributed by atoms with E-state index in [1.807, 2.05) is 62.4 Å². The SMILES string of the molecule is CC(C)Cc1cc(-c2[c-]cccc2)ncc1[Si](C)(C)C.Cc1ccc2c(n1)oc1c(-c3nc4ccccc4n3-c3c(-c4ccccc4)cccc3-c3ccccc3)[c-]nc(C)c12.[Ir]. The van der Waals surface area contributed by atoms with Crippen molar-refractivity contribution in [2.45, 2.75) is 53.8 Å². The van der Waals surface area contributed by atoms with E-state index in [1.54, 1.807) is 0 Å². The number of nitrogens with zero attached hydrogens (tertiary/aromatic N) is 5. The standard InChI is InChI=1S/C37H25N4O.C18H24NSi.Ir/c1-23-20-21-29-33-24(2)38-22-30(35(33)42-37(29)39-23)36-40-31-18-9-10-19-32(31)41(36)34-27(25-12-5-3-6-13-25)16-11-17-28(34)26-14-7-4-8-15-26;1-14(2)11-16-12-17(15-9-7-6-8-10-15)19-13-18(16)20(3,4)5;/h3-21H,1-2H3;6-9,12-14H,11H2,1-5H3;/q2*-1;. The van der Waals surface area contributed by atoms with E-state index in [2.05, 4.69) is 164 Å². The minimum Gasteiger partial charge on any atom is -0.486 e. The van der Waals surface area contributed by atoms with Gasteiger partial charge in [0.05, 0.1) is 36.2 Å². The Bertz CT molecular complexity index is 3130. The van der Waals surface area contributed by atoms with Gasteiger partial charge in [-0.3, -0.25) is 4.98 Å². The van der Waals surface area contributed by atoms with Crippen molar-refractivity contribution in [3.05, 3.63) is 181 Å². The number of fused-ring (bicyclic) bond motifs is 4. The summed E-state index contributed by atoms with van der Waals surface area (Å²) in [4.78, 5) is 19.3. The zero-order chi connectivity index (χ0) is 43.0. The predicted octanol–water partition coefficient (Wildman–Crippen LogP) is 13.4. The number of hydrogen-bond acceptors (Lipinski definition) is 5. The van der Waals surface area contributed by atoms with E-state index in [0.717, 1.165) is 78.8 Å². The van der Waals surface area contributed by atoms with Gasteiger partial charge in [0.2, 0.25) is 5.71 Å². The van der Waals surface area contributed by atoms with Gasteiger partial charge in [-0.2, -0.15) is 0 Å². The molecule has 0 aliphatic heterocycles. The van der Waals surface area contributed by atoms with Gasteiger partial charge >= 0.3 is 0 Å². The molecule has 0 unspecified atom stereocenters. The van der Waals surface area contributed by atoms with Crippen LogP contribution in [0.4, 0.5) is 0 Å². The predicted molar refractivity (Wildman–Crippen MR) is 259 cm³/mol. The van der Waals surface area contributed by atoms with Gasteiger partial charge < -0.3 is 19.0 Å². The summed E-state index contributed by atoms with van der Waals surface area (Å²) >= 11 is 0. The van der Waals surface area contributed by atoms with E-state index >= 15 is 0 Å². The van der Waals surface area contributed by atoms with Crippen LogP contribution in [-0.4, -0.2) is 32.6 Å². The summed E-state index contributed by atoms with van der Waals surface area (Å²) in [5.41, 5.74) is 14.6. The number of benzene rings is 5. The summed E-state index contributed by atoms with van der Waals surface area (Å²) in [5, 5.41) is 3.36. The van der Waals surface area contributed by atoms with Crippen molar-refractivity contribution in [1.29, 1.82) is 0 Å². The fraction of sp³-hybridized carbons (Fsp3) is 0.164. The first-order valence-corrected chi connectivity index (χ1v) is 24.8. The topological polar surface area (TPSA) is 69.6 Å². The van der Waals surface area contributed by atoms with E-state index < -0.39 is 8.07 Å². The van der Waals surface area contributed by atoms with Crippen molar-refractivity contribution in [1.82, 2.24) is 24.5 Å². The second-order valence-electron chi connectivity index (χ2n) is 17.3. The quantitative estimate of drug-likeness (QED) is 0.112. The molecule has 5 heterocycles. The second kappa shape index (κ2) is 18.2. The first-order chi connectivity index (χ1) is 30.0. The summed E-state index contributed by atoms with van der Waals surface area (Å²) in [6.07, 6.45) is 6.54. The molecule has 5 aromatic heterocycles. The molecule has 0 aliphatic rings. The number of para-hydroxylation sites is 3. The van der Waals surface area contributed by atoms with Crippen LogP contribution in [0.3, 0.4) is 0 Å². The maximum Gasteiger partial charge on any atom is 0.216 e. The molecular weight excluding hydrogens is 967 g/mol. The summed E-state index contributed by atoms with van der Waals surface area (Å²) in [6, 6.07) is 53.4. The Labute approximate surface area is 384 Å². The molecule has 6 nitrogen and oxygen atoms in total. The minimum atomic E-state index is -1.34.